The summed E-state index contributed by atoms with van der Waals surface area (Å²) in [6, 6.07) is 0.355. The van der Waals surface area contributed by atoms with Gasteiger partial charge in [0.05, 0.1) is 5.56 Å². The fraction of sp³-hybridized carbons (Fsp3) is 0.647. The maximum Gasteiger partial charge on any atom is 0.257 e. The lowest BCUT2D eigenvalue weighted by Gasteiger charge is -2.39. The predicted octanol–water partition coefficient (Wildman–Crippen LogP) is 1.72. The number of carbonyl (C=O) groups is 2. The highest BCUT2D eigenvalue weighted by atomic mass is 19.1. The topological polar surface area (TPSA) is 75.2 Å². The minimum absolute atomic E-state index is 0.0181. The van der Waals surface area contributed by atoms with Gasteiger partial charge < -0.3 is 10.2 Å². The number of rotatable bonds is 4. The van der Waals surface area contributed by atoms with Crippen molar-refractivity contribution in [2.75, 3.05) is 6.54 Å². The first-order valence-corrected chi connectivity index (χ1v) is 8.41. The summed E-state index contributed by atoms with van der Waals surface area (Å²) >= 11 is 0. The summed E-state index contributed by atoms with van der Waals surface area (Å²) in [7, 11) is 0. The number of hydrogen-bond donors (Lipinski definition) is 1. The molecular weight excluding hydrogens is 311 g/mol. The Balaban J connectivity index is 1.61. The van der Waals surface area contributed by atoms with E-state index in [1.165, 1.54) is 20.2 Å². The van der Waals surface area contributed by atoms with E-state index in [-0.39, 0.29) is 23.9 Å². The van der Waals surface area contributed by atoms with Gasteiger partial charge in [0.15, 0.2) is 5.67 Å². The number of piperidine rings is 1. The van der Waals surface area contributed by atoms with Crippen LogP contribution in [0, 0.1) is 5.92 Å². The SMILES string of the molecule is CC(C)(F)C(=O)NCC1C[C@H]2CC[C@@H](C1)N2C(=O)c1cncnc1. The molecule has 1 aromatic rings. The number of hydrogen-bond acceptors (Lipinski definition) is 4. The van der Waals surface area contributed by atoms with E-state index in [0.29, 0.717) is 12.1 Å². The molecule has 1 unspecified atom stereocenters. The molecule has 3 rings (SSSR count). The van der Waals surface area contributed by atoms with Crippen LogP contribution in [0.15, 0.2) is 18.7 Å². The Morgan fingerprint density at radius 3 is 2.38 bits per heavy atom. The van der Waals surface area contributed by atoms with Crippen molar-refractivity contribution in [3.05, 3.63) is 24.3 Å². The molecular formula is C17H23FN4O2. The highest BCUT2D eigenvalue weighted by Gasteiger charge is 2.43. The van der Waals surface area contributed by atoms with Gasteiger partial charge in [-0.05, 0) is 45.4 Å². The van der Waals surface area contributed by atoms with E-state index in [9.17, 15) is 14.0 Å². The smallest absolute Gasteiger partial charge is 0.257 e. The standard InChI is InChI=1S/C17H23FN4O2/c1-17(2,18)16(24)21-7-11-5-13-3-4-14(6-11)22(13)15(23)12-8-19-10-20-9-12/h8-11,13-14H,3-7H2,1-2H3,(H,21,24)/t11?,13-,14+. The summed E-state index contributed by atoms with van der Waals surface area (Å²) in [6.45, 7) is 2.99. The Kier molecular flexibility index (Phi) is 4.51. The van der Waals surface area contributed by atoms with Crippen LogP contribution in [0.5, 0.6) is 0 Å². The predicted molar refractivity (Wildman–Crippen MR) is 85.9 cm³/mol. The minimum Gasteiger partial charge on any atom is -0.353 e. The first kappa shape index (κ1) is 16.8. The third-order valence-corrected chi connectivity index (χ3v) is 4.96. The first-order valence-electron chi connectivity index (χ1n) is 8.41. The van der Waals surface area contributed by atoms with Gasteiger partial charge in [0.25, 0.3) is 11.8 Å². The lowest BCUT2D eigenvalue weighted by Crippen LogP contribution is -2.49. The zero-order chi connectivity index (χ0) is 17.3. The monoisotopic (exact) mass is 334 g/mol. The average Bonchev–Trinajstić information content (AvgIpc) is 2.82. The van der Waals surface area contributed by atoms with Crippen molar-refractivity contribution in [3.63, 3.8) is 0 Å². The molecule has 1 N–H and O–H groups in total. The van der Waals surface area contributed by atoms with Gasteiger partial charge in [0, 0.05) is 31.0 Å². The van der Waals surface area contributed by atoms with Gasteiger partial charge in [-0.3, -0.25) is 9.59 Å². The zero-order valence-electron chi connectivity index (χ0n) is 14.0. The summed E-state index contributed by atoms with van der Waals surface area (Å²) in [5.74, 6) is -0.310. The molecule has 6 nitrogen and oxygen atoms in total. The number of halogens is 1. The highest BCUT2D eigenvalue weighted by Crippen LogP contribution is 2.39. The number of carbonyl (C=O) groups excluding carboxylic acids is 2. The second-order valence-electron chi connectivity index (χ2n) is 7.24. The second-order valence-corrected chi connectivity index (χ2v) is 7.24. The van der Waals surface area contributed by atoms with Crippen molar-refractivity contribution in [2.24, 2.45) is 5.92 Å². The van der Waals surface area contributed by atoms with Crippen LogP contribution in [0.2, 0.25) is 0 Å². The maximum absolute atomic E-state index is 13.6. The fourth-order valence-electron chi connectivity index (χ4n) is 3.79. The summed E-state index contributed by atoms with van der Waals surface area (Å²) in [5.41, 5.74) is -1.34. The van der Waals surface area contributed by atoms with Crippen LogP contribution in [0.1, 0.15) is 49.9 Å². The van der Waals surface area contributed by atoms with Crippen molar-refractivity contribution in [2.45, 2.75) is 57.3 Å². The van der Waals surface area contributed by atoms with E-state index in [1.807, 2.05) is 4.90 Å². The van der Waals surface area contributed by atoms with Gasteiger partial charge in [-0.1, -0.05) is 0 Å². The van der Waals surface area contributed by atoms with Crippen molar-refractivity contribution < 1.29 is 14.0 Å². The van der Waals surface area contributed by atoms with E-state index in [0.717, 1.165) is 25.7 Å². The molecule has 2 bridgehead atoms. The Labute approximate surface area is 140 Å². The molecule has 0 spiro atoms. The summed E-state index contributed by atoms with van der Waals surface area (Å²) in [5, 5.41) is 2.70. The Bertz CT molecular complexity index is 603. The molecule has 2 aliphatic heterocycles. The lowest BCUT2D eigenvalue weighted by molar-refractivity contribution is -0.131. The zero-order valence-corrected chi connectivity index (χ0v) is 14.0. The van der Waals surface area contributed by atoms with Gasteiger partial charge in [-0.2, -0.15) is 0 Å². The normalized spacial score (nSPS) is 26.3. The third-order valence-electron chi connectivity index (χ3n) is 4.96. The van der Waals surface area contributed by atoms with Crippen LogP contribution >= 0.6 is 0 Å². The molecule has 130 valence electrons. The maximum atomic E-state index is 13.6. The van der Waals surface area contributed by atoms with Gasteiger partial charge >= 0.3 is 0 Å². The van der Waals surface area contributed by atoms with E-state index in [4.69, 9.17) is 0 Å². The first-order chi connectivity index (χ1) is 11.4. The molecule has 0 saturated carbocycles. The molecule has 0 radical (unpaired) electrons. The Morgan fingerprint density at radius 2 is 1.83 bits per heavy atom. The molecule has 2 aliphatic rings. The van der Waals surface area contributed by atoms with Crippen molar-refractivity contribution >= 4 is 11.8 Å². The van der Waals surface area contributed by atoms with Crippen LogP contribution in [-0.4, -0.2) is 51.0 Å². The molecule has 0 aliphatic carbocycles. The number of nitrogens with zero attached hydrogens (tertiary/aromatic N) is 3. The number of nitrogens with one attached hydrogen (secondary N) is 1. The minimum atomic E-state index is -1.86. The second kappa shape index (κ2) is 6.45. The quantitative estimate of drug-likeness (QED) is 0.910. The van der Waals surface area contributed by atoms with Crippen LogP contribution < -0.4 is 5.32 Å². The third kappa shape index (κ3) is 3.39. The van der Waals surface area contributed by atoms with Crippen molar-refractivity contribution in [3.8, 4) is 0 Å². The van der Waals surface area contributed by atoms with E-state index in [1.54, 1.807) is 12.4 Å². The molecule has 7 heteroatoms. The Hall–Kier alpha value is -2.05. The number of amides is 2. The van der Waals surface area contributed by atoms with Crippen LogP contribution in [0.4, 0.5) is 4.39 Å². The summed E-state index contributed by atoms with van der Waals surface area (Å²) in [4.78, 5) is 34.2. The van der Waals surface area contributed by atoms with Crippen LogP contribution in [-0.2, 0) is 4.79 Å². The Morgan fingerprint density at radius 1 is 1.25 bits per heavy atom. The molecule has 3 heterocycles. The lowest BCUT2D eigenvalue weighted by atomic mass is 9.90. The van der Waals surface area contributed by atoms with Gasteiger partial charge in [0.1, 0.15) is 6.33 Å². The van der Waals surface area contributed by atoms with E-state index in [2.05, 4.69) is 15.3 Å². The van der Waals surface area contributed by atoms with Crippen LogP contribution in [0.3, 0.4) is 0 Å². The molecule has 2 saturated heterocycles. The molecule has 3 atom stereocenters. The average molecular weight is 334 g/mol. The number of alkyl halides is 1. The van der Waals surface area contributed by atoms with Crippen molar-refractivity contribution in [1.82, 2.24) is 20.2 Å². The molecule has 2 fully saturated rings. The number of fused-ring (bicyclic) bond motifs is 2. The van der Waals surface area contributed by atoms with E-state index >= 15 is 0 Å². The van der Waals surface area contributed by atoms with Crippen LogP contribution in [0.25, 0.3) is 0 Å². The molecule has 1 aromatic heterocycles. The summed E-state index contributed by atoms with van der Waals surface area (Å²) < 4.78 is 13.6. The number of aromatic nitrogens is 2. The fourth-order valence-corrected chi connectivity index (χ4v) is 3.79. The van der Waals surface area contributed by atoms with E-state index < -0.39 is 11.6 Å². The molecule has 0 aromatic carbocycles. The summed E-state index contributed by atoms with van der Waals surface area (Å²) in [6.07, 6.45) is 8.12. The molecule has 24 heavy (non-hydrogen) atoms. The van der Waals surface area contributed by atoms with Gasteiger partial charge in [-0.15, -0.1) is 0 Å². The highest BCUT2D eigenvalue weighted by molar-refractivity contribution is 5.94. The van der Waals surface area contributed by atoms with Gasteiger partial charge in [-0.25, -0.2) is 14.4 Å². The van der Waals surface area contributed by atoms with Crippen molar-refractivity contribution in [1.29, 1.82) is 0 Å². The largest absolute Gasteiger partial charge is 0.353 e. The van der Waals surface area contributed by atoms with Gasteiger partial charge in [0.2, 0.25) is 0 Å². The molecule has 2 amide bonds.